The van der Waals surface area contributed by atoms with E-state index in [2.05, 4.69) is 22.8 Å². The fraction of sp³-hybridized carbons (Fsp3) is 0.318. The van der Waals surface area contributed by atoms with Crippen LogP contribution in [0.25, 0.3) is 28.1 Å². The second kappa shape index (κ2) is 7.67. The van der Waals surface area contributed by atoms with Gasteiger partial charge < -0.3 is 14.4 Å². The third kappa shape index (κ3) is 3.38. The lowest BCUT2D eigenvalue weighted by Crippen LogP contribution is -2.07. The molecule has 7 nitrogen and oxygen atoms in total. The fourth-order valence-corrected chi connectivity index (χ4v) is 3.64. The van der Waals surface area contributed by atoms with Crippen LogP contribution in [0.4, 0.5) is 0 Å². The number of nitrogens with zero attached hydrogens (tertiary/aromatic N) is 5. The molecule has 3 aromatic heterocycles. The van der Waals surface area contributed by atoms with Crippen LogP contribution in [0.15, 0.2) is 42.9 Å². The molecular formula is C22H25N5O2. The van der Waals surface area contributed by atoms with Crippen LogP contribution in [0.2, 0.25) is 0 Å². The van der Waals surface area contributed by atoms with Crippen molar-refractivity contribution in [3.63, 3.8) is 0 Å². The molecular weight excluding hydrogens is 366 g/mol. The average molecular weight is 391 g/mol. The van der Waals surface area contributed by atoms with Gasteiger partial charge in [-0.25, -0.2) is 14.6 Å². The van der Waals surface area contributed by atoms with E-state index in [1.165, 1.54) is 0 Å². The predicted octanol–water partition coefficient (Wildman–Crippen LogP) is 3.85. The van der Waals surface area contributed by atoms with Crippen LogP contribution < -0.4 is 4.74 Å². The van der Waals surface area contributed by atoms with Gasteiger partial charge in [0, 0.05) is 42.9 Å². The average Bonchev–Trinajstić information content (AvgIpc) is 3.36. The number of aliphatic hydroxyl groups excluding tert-OH is 1. The number of fused-ring (bicyclic) bond motifs is 1. The van der Waals surface area contributed by atoms with E-state index in [-0.39, 0.29) is 12.6 Å². The molecule has 0 bridgehead atoms. The van der Waals surface area contributed by atoms with Crippen LogP contribution in [-0.4, -0.2) is 43.1 Å². The number of methoxy groups -OCH3 is 1. The van der Waals surface area contributed by atoms with Gasteiger partial charge in [0.1, 0.15) is 11.3 Å². The molecule has 0 radical (unpaired) electrons. The van der Waals surface area contributed by atoms with E-state index in [1.54, 1.807) is 18.0 Å². The highest BCUT2D eigenvalue weighted by Gasteiger charge is 2.18. The van der Waals surface area contributed by atoms with Gasteiger partial charge in [0.05, 0.1) is 24.2 Å². The predicted molar refractivity (Wildman–Crippen MR) is 113 cm³/mol. The van der Waals surface area contributed by atoms with Crippen molar-refractivity contribution in [1.82, 2.24) is 24.3 Å². The van der Waals surface area contributed by atoms with Crippen molar-refractivity contribution in [1.29, 1.82) is 0 Å². The first-order chi connectivity index (χ1) is 14.0. The second-order valence-electron chi connectivity index (χ2n) is 7.25. The quantitative estimate of drug-likeness (QED) is 0.540. The van der Waals surface area contributed by atoms with Gasteiger partial charge in [-0.15, -0.1) is 0 Å². The Morgan fingerprint density at radius 1 is 1.21 bits per heavy atom. The fourth-order valence-electron chi connectivity index (χ4n) is 3.64. The number of hydrogen-bond donors (Lipinski definition) is 1. The molecule has 0 aliphatic carbocycles. The van der Waals surface area contributed by atoms with Crippen molar-refractivity contribution in [3.05, 3.63) is 54.1 Å². The number of hydrogen-bond acceptors (Lipinski definition) is 5. The number of aryl methyl sites for hydroxylation is 2. The summed E-state index contributed by atoms with van der Waals surface area (Å²) in [7, 11) is 1.66. The van der Waals surface area contributed by atoms with Crippen molar-refractivity contribution in [2.75, 3.05) is 13.7 Å². The molecule has 0 saturated heterocycles. The minimum absolute atomic E-state index is 0.143. The largest absolute Gasteiger partial charge is 0.496 e. The van der Waals surface area contributed by atoms with Gasteiger partial charge in [-0.3, -0.25) is 0 Å². The zero-order valence-electron chi connectivity index (χ0n) is 17.1. The Morgan fingerprint density at radius 2 is 2.03 bits per heavy atom. The van der Waals surface area contributed by atoms with Gasteiger partial charge in [0.15, 0.2) is 5.65 Å². The Bertz CT molecular complexity index is 1150. The maximum absolute atomic E-state index is 9.30. The van der Waals surface area contributed by atoms with Crippen LogP contribution in [0.5, 0.6) is 5.75 Å². The minimum atomic E-state index is 0.143. The normalized spacial score (nSPS) is 12.4. The van der Waals surface area contributed by atoms with Crippen LogP contribution in [0, 0.1) is 13.8 Å². The summed E-state index contributed by atoms with van der Waals surface area (Å²) in [5.41, 5.74) is 6.22. The van der Waals surface area contributed by atoms with Gasteiger partial charge in [-0.2, -0.15) is 5.10 Å². The molecule has 150 valence electrons. The first-order valence-corrected chi connectivity index (χ1v) is 9.68. The molecule has 0 unspecified atom stereocenters. The summed E-state index contributed by atoms with van der Waals surface area (Å²) >= 11 is 0. The first kappa shape index (κ1) is 19.1. The highest BCUT2D eigenvalue weighted by atomic mass is 16.5. The summed E-state index contributed by atoms with van der Waals surface area (Å²) in [4.78, 5) is 9.83. The molecule has 4 aromatic rings. The van der Waals surface area contributed by atoms with E-state index in [0.717, 1.165) is 45.1 Å². The molecule has 0 amide bonds. The summed E-state index contributed by atoms with van der Waals surface area (Å²) in [5.74, 6) is 0.723. The van der Waals surface area contributed by atoms with Crippen molar-refractivity contribution < 1.29 is 9.84 Å². The summed E-state index contributed by atoms with van der Waals surface area (Å²) in [6, 6.07) is 7.99. The Hall–Kier alpha value is -3.19. The third-order valence-electron chi connectivity index (χ3n) is 5.23. The lowest BCUT2D eigenvalue weighted by molar-refractivity contribution is 0.264. The van der Waals surface area contributed by atoms with E-state index in [0.29, 0.717) is 6.42 Å². The van der Waals surface area contributed by atoms with Gasteiger partial charge >= 0.3 is 0 Å². The van der Waals surface area contributed by atoms with Gasteiger partial charge in [-0.1, -0.05) is 0 Å². The highest BCUT2D eigenvalue weighted by Crippen LogP contribution is 2.34. The van der Waals surface area contributed by atoms with E-state index in [9.17, 15) is 5.11 Å². The highest BCUT2D eigenvalue weighted by molar-refractivity contribution is 5.81. The van der Waals surface area contributed by atoms with Crippen molar-refractivity contribution >= 4 is 11.2 Å². The number of benzene rings is 1. The summed E-state index contributed by atoms with van der Waals surface area (Å²) in [5, 5.41) is 13.6. The molecule has 0 fully saturated rings. The molecule has 0 aliphatic heterocycles. The molecule has 29 heavy (non-hydrogen) atoms. The molecule has 1 N–H and O–H groups in total. The van der Waals surface area contributed by atoms with Crippen LogP contribution in [-0.2, 0) is 0 Å². The van der Waals surface area contributed by atoms with E-state index in [4.69, 9.17) is 14.7 Å². The molecule has 1 atom stereocenters. The summed E-state index contributed by atoms with van der Waals surface area (Å²) in [6.07, 6.45) is 6.38. The van der Waals surface area contributed by atoms with Crippen LogP contribution in [0.1, 0.15) is 30.6 Å². The van der Waals surface area contributed by atoms with Crippen LogP contribution >= 0.6 is 0 Å². The topological polar surface area (TPSA) is 78.0 Å². The molecule has 0 spiro atoms. The molecule has 0 saturated carbocycles. The number of aliphatic hydroxyl groups is 1. The monoisotopic (exact) mass is 391 g/mol. The van der Waals surface area contributed by atoms with Crippen molar-refractivity contribution in [3.8, 4) is 22.7 Å². The maximum atomic E-state index is 9.30. The van der Waals surface area contributed by atoms with E-state index >= 15 is 0 Å². The van der Waals surface area contributed by atoms with E-state index < -0.39 is 0 Å². The van der Waals surface area contributed by atoms with E-state index in [1.807, 2.05) is 44.3 Å². The Kier molecular flexibility index (Phi) is 5.07. The Balaban J connectivity index is 1.84. The van der Waals surface area contributed by atoms with Crippen molar-refractivity contribution in [2.45, 2.75) is 33.2 Å². The van der Waals surface area contributed by atoms with Gasteiger partial charge in [-0.05, 0) is 51.0 Å². The smallest absolute Gasteiger partial charge is 0.159 e. The third-order valence-corrected chi connectivity index (χ3v) is 5.23. The Morgan fingerprint density at radius 3 is 2.72 bits per heavy atom. The summed E-state index contributed by atoms with van der Waals surface area (Å²) in [6.45, 7) is 6.23. The molecule has 1 aromatic carbocycles. The van der Waals surface area contributed by atoms with Crippen LogP contribution in [0.3, 0.4) is 0 Å². The molecule has 3 heterocycles. The lowest BCUT2D eigenvalue weighted by Gasteiger charge is -2.15. The maximum Gasteiger partial charge on any atom is 0.159 e. The van der Waals surface area contributed by atoms with Gasteiger partial charge in [0.25, 0.3) is 0 Å². The zero-order chi connectivity index (χ0) is 20.5. The number of ether oxygens (including phenoxy) is 1. The lowest BCUT2D eigenvalue weighted by atomic mass is 10.1. The summed E-state index contributed by atoms with van der Waals surface area (Å²) < 4.78 is 9.56. The molecule has 7 heteroatoms. The SMILES string of the molecule is COc1cc(-n2cccn2)ccc1-c1nc2c(C)cn([C@@H](C)CCO)c2nc1C. The number of rotatable bonds is 6. The van der Waals surface area contributed by atoms with Crippen molar-refractivity contribution in [2.24, 2.45) is 0 Å². The standard InChI is InChI=1S/C22H25N5O2/c1-14-13-26(15(2)8-11-28)22-20(14)25-21(16(3)24-22)18-7-6-17(12-19(18)29-4)27-10-5-9-23-27/h5-7,9-10,12-13,15,28H,8,11H2,1-4H3/t15-/m0/s1. The molecule has 0 aliphatic rings. The minimum Gasteiger partial charge on any atom is -0.496 e. The zero-order valence-corrected chi connectivity index (χ0v) is 17.1. The Labute approximate surface area is 169 Å². The first-order valence-electron chi connectivity index (χ1n) is 9.68. The number of aromatic nitrogens is 5. The second-order valence-corrected chi connectivity index (χ2v) is 7.25. The molecule has 4 rings (SSSR count). The van der Waals surface area contributed by atoms with Gasteiger partial charge in [0.2, 0.25) is 0 Å².